The number of hydrogen-bond acceptors (Lipinski definition) is 6. The Hall–Kier alpha value is -5.10. The third-order valence-electron chi connectivity index (χ3n) is 10.3. The van der Waals surface area contributed by atoms with Gasteiger partial charge >= 0.3 is 12.3 Å². The van der Waals surface area contributed by atoms with E-state index >= 15 is 0 Å². The molecule has 0 aliphatic carbocycles. The summed E-state index contributed by atoms with van der Waals surface area (Å²) in [6.45, 7) is 9.18. The molecule has 0 radical (unpaired) electrons. The summed E-state index contributed by atoms with van der Waals surface area (Å²) >= 11 is 0. The molecule has 0 bridgehead atoms. The lowest BCUT2D eigenvalue weighted by Crippen LogP contribution is -2.12. The van der Waals surface area contributed by atoms with Gasteiger partial charge in [0, 0.05) is 21.5 Å². The molecule has 6 heteroatoms. The Morgan fingerprint density at radius 3 is 1.19 bits per heavy atom. The summed E-state index contributed by atoms with van der Waals surface area (Å²) in [7, 11) is 0. The summed E-state index contributed by atoms with van der Waals surface area (Å²) in [5, 5.41) is 7.23. The highest BCUT2D eigenvalue weighted by Gasteiger charge is 2.25. The van der Waals surface area contributed by atoms with Crippen LogP contribution in [0.2, 0.25) is 0 Å². The molecule has 0 aliphatic rings. The molecule has 0 N–H and O–H groups in total. The number of carbonyl (C=O) groups is 2. The van der Waals surface area contributed by atoms with E-state index in [2.05, 4.69) is 76.2 Å². The number of rotatable bonds is 17. The van der Waals surface area contributed by atoms with Crippen molar-refractivity contribution in [2.24, 2.45) is 0 Å². The number of hydrogen-bond donors (Lipinski definition) is 0. The Bertz CT molecular complexity index is 2080. The van der Waals surface area contributed by atoms with E-state index in [-0.39, 0.29) is 0 Å². The van der Waals surface area contributed by atoms with Crippen molar-refractivity contribution >= 4 is 55.4 Å². The van der Waals surface area contributed by atoms with Crippen LogP contribution in [0, 0.1) is 0 Å². The van der Waals surface area contributed by atoms with Gasteiger partial charge in [-0.15, -0.1) is 0 Å². The highest BCUT2D eigenvalue weighted by Crippen LogP contribution is 2.50. The van der Waals surface area contributed by atoms with E-state index in [4.69, 9.17) is 18.9 Å². The topological polar surface area (TPSA) is 71.1 Å². The Morgan fingerprint density at radius 2 is 0.796 bits per heavy atom. The molecular formula is C48H54O6. The molecule has 0 spiro atoms. The van der Waals surface area contributed by atoms with Crippen molar-refractivity contribution < 1.29 is 28.5 Å². The lowest BCUT2D eigenvalue weighted by Gasteiger charge is -2.22. The van der Waals surface area contributed by atoms with Crippen LogP contribution in [0.25, 0.3) is 54.2 Å². The van der Waals surface area contributed by atoms with Gasteiger partial charge in [-0.25, -0.2) is 9.59 Å². The predicted octanol–water partition coefficient (Wildman–Crippen LogP) is 14.1. The maximum atomic E-state index is 13.2. The second kappa shape index (κ2) is 18.8. The lowest BCUT2D eigenvalue weighted by atomic mass is 9.84. The van der Waals surface area contributed by atoms with Crippen molar-refractivity contribution in [3.8, 4) is 22.6 Å². The fourth-order valence-electron chi connectivity index (χ4n) is 7.42. The van der Waals surface area contributed by atoms with Crippen molar-refractivity contribution in [1.29, 1.82) is 0 Å². The van der Waals surface area contributed by atoms with Crippen LogP contribution >= 0.6 is 0 Å². The standard InChI is InChI=1S/C48H54O6/c1-5-9-13-19-33-25-27-39-41(31-33)43(35-21-15-17-23-37(35)45(39)53-47(49)51-29-11-7-3)44-36-22-16-18-24-38(36)46(54-48(50)52-30-12-8-4)40-28-26-34(32-42(40)44)20-14-10-6-2/h15-18,21-28,31-32H,5-14,19-20,29-30H2,1-4H3. The number of ether oxygens (including phenoxy) is 4. The molecule has 0 unspecified atom stereocenters. The van der Waals surface area contributed by atoms with Crippen molar-refractivity contribution in [3.05, 3.63) is 96.1 Å². The van der Waals surface area contributed by atoms with E-state index < -0.39 is 12.3 Å². The molecule has 282 valence electrons. The molecular weight excluding hydrogens is 673 g/mol. The first-order chi connectivity index (χ1) is 26.5. The average molecular weight is 727 g/mol. The molecule has 6 nitrogen and oxygen atoms in total. The smallest absolute Gasteiger partial charge is 0.434 e. The second-order valence-corrected chi connectivity index (χ2v) is 14.3. The zero-order valence-electron chi connectivity index (χ0n) is 32.4. The van der Waals surface area contributed by atoms with Gasteiger partial charge in [0.25, 0.3) is 0 Å². The molecule has 0 aromatic heterocycles. The Kier molecular flexibility index (Phi) is 13.4. The Labute approximate surface area is 319 Å². The zero-order chi connectivity index (χ0) is 37.9. The molecule has 0 aliphatic heterocycles. The summed E-state index contributed by atoms with van der Waals surface area (Å²) in [6, 6.07) is 29.4. The Balaban J connectivity index is 1.68. The minimum absolute atomic E-state index is 0.310. The van der Waals surface area contributed by atoms with E-state index in [9.17, 15) is 9.59 Å². The summed E-state index contributed by atoms with van der Waals surface area (Å²) < 4.78 is 23.3. The van der Waals surface area contributed by atoms with Crippen LogP contribution < -0.4 is 9.47 Å². The maximum absolute atomic E-state index is 13.2. The predicted molar refractivity (Wildman–Crippen MR) is 222 cm³/mol. The first-order valence-corrected chi connectivity index (χ1v) is 20.1. The average Bonchev–Trinajstić information content (AvgIpc) is 3.19. The Morgan fingerprint density at radius 1 is 0.426 bits per heavy atom. The molecule has 0 heterocycles. The molecule has 6 aromatic carbocycles. The second-order valence-electron chi connectivity index (χ2n) is 14.3. The van der Waals surface area contributed by atoms with Crippen LogP contribution in [0.4, 0.5) is 9.59 Å². The van der Waals surface area contributed by atoms with Gasteiger partial charge in [0.05, 0.1) is 13.2 Å². The fourth-order valence-corrected chi connectivity index (χ4v) is 7.42. The van der Waals surface area contributed by atoms with E-state index in [1.807, 2.05) is 36.4 Å². The lowest BCUT2D eigenvalue weighted by molar-refractivity contribution is 0.0977. The van der Waals surface area contributed by atoms with Gasteiger partial charge in [-0.3, -0.25) is 0 Å². The van der Waals surface area contributed by atoms with Crippen LogP contribution in [-0.4, -0.2) is 25.5 Å². The molecule has 6 rings (SSSR count). The van der Waals surface area contributed by atoms with Gasteiger partial charge in [-0.2, -0.15) is 0 Å². The molecule has 54 heavy (non-hydrogen) atoms. The number of benzene rings is 6. The van der Waals surface area contributed by atoms with Gasteiger partial charge in [0.15, 0.2) is 0 Å². The first-order valence-electron chi connectivity index (χ1n) is 20.1. The minimum Gasteiger partial charge on any atom is -0.434 e. The van der Waals surface area contributed by atoms with Crippen LogP contribution in [0.15, 0.2) is 84.9 Å². The number of unbranched alkanes of at least 4 members (excludes halogenated alkanes) is 6. The molecule has 0 saturated carbocycles. The van der Waals surface area contributed by atoms with Gasteiger partial charge in [0.2, 0.25) is 0 Å². The molecule has 0 saturated heterocycles. The fraction of sp³-hybridized carbons (Fsp3) is 0.375. The third kappa shape index (κ3) is 8.65. The SMILES string of the molecule is CCCCCc1ccc2c(OC(=O)OCCCC)c3ccccc3c(-c3c4ccccc4c(OC(=O)OCCCC)c4ccc(CCCCC)cc34)c2c1. The van der Waals surface area contributed by atoms with E-state index in [0.29, 0.717) is 24.7 Å². The van der Waals surface area contributed by atoms with Gasteiger partial charge < -0.3 is 18.9 Å². The summed E-state index contributed by atoms with van der Waals surface area (Å²) in [6.07, 6.45) is 10.6. The zero-order valence-corrected chi connectivity index (χ0v) is 32.4. The summed E-state index contributed by atoms with van der Waals surface area (Å²) in [5.74, 6) is 0.990. The quantitative estimate of drug-likeness (QED) is 0.0403. The molecule has 0 amide bonds. The van der Waals surface area contributed by atoms with Crippen LogP contribution in [0.1, 0.15) is 103 Å². The monoisotopic (exact) mass is 726 g/mol. The van der Waals surface area contributed by atoms with E-state index in [1.54, 1.807) is 0 Å². The van der Waals surface area contributed by atoms with Crippen molar-refractivity contribution in [3.63, 3.8) is 0 Å². The van der Waals surface area contributed by atoms with Crippen LogP contribution in [-0.2, 0) is 22.3 Å². The number of carbonyl (C=O) groups excluding carboxylic acids is 2. The van der Waals surface area contributed by atoms with Gasteiger partial charge in [0.1, 0.15) is 11.5 Å². The maximum Gasteiger partial charge on any atom is 0.513 e. The largest absolute Gasteiger partial charge is 0.513 e. The van der Waals surface area contributed by atoms with Gasteiger partial charge in [-0.1, -0.05) is 151 Å². The van der Waals surface area contributed by atoms with Crippen molar-refractivity contribution in [2.45, 2.75) is 105 Å². The van der Waals surface area contributed by atoms with Crippen molar-refractivity contribution in [2.75, 3.05) is 13.2 Å². The first kappa shape index (κ1) is 38.6. The minimum atomic E-state index is -0.699. The summed E-state index contributed by atoms with van der Waals surface area (Å²) in [5.41, 5.74) is 4.56. The highest BCUT2D eigenvalue weighted by atomic mass is 16.7. The molecule has 0 atom stereocenters. The normalized spacial score (nSPS) is 11.4. The van der Waals surface area contributed by atoms with E-state index in [0.717, 1.165) is 131 Å². The highest BCUT2D eigenvalue weighted by molar-refractivity contribution is 6.27. The third-order valence-corrected chi connectivity index (χ3v) is 10.3. The van der Waals surface area contributed by atoms with Crippen LogP contribution in [0.5, 0.6) is 11.5 Å². The van der Waals surface area contributed by atoms with Crippen molar-refractivity contribution in [1.82, 2.24) is 0 Å². The van der Waals surface area contributed by atoms with Crippen LogP contribution in [0.3, 0.4) is 0 Å². The van der Waals surface area contributed by atoms with Gasteiger partial charge in [-0.05, 0) is 82.3 Å². The van der Waals surface area contributed by atoms with E-state index in [1.165, 1.54) is 11.1 Å². The summed E-state index contributed by atoms with van der Waals surface area (Å²) in [4.78, 5) is 26.4. The number of aryl methyl sites for hydroxylation is 2. The molecule has 0 fully saturated rings. The molecule has 6 aromatic rings. The number of fused-ring (bicyclic) bond motifs is 4.